The monoisotopic (exact) mass is 426 g/mol. The van der Waals surface area contributed by atoms with Gasteiger partial charge in [0.15, 0.2) is 4.96 Å². The van der Waals surface area contributed by atoms with Gasteiger partial charge in [0, 0.05) is 41.1 Å². The molecule has 0 aliphatic heterocycles. The number of thiazole rings is 1. The number of aromatic nitrogens is 2. The number of fused-ring (bicyclic) bond motifs is 1. The highest BCUT2D eigenvalue weighted by Crippen LogP contribution is 2.23. The molecule has 2 heterocycles. The Morgan fingerprint density at radius 2 is 1.83 bits per heavy atom. The molecule has 0 spiro atoms. The summed E-state index contributed by atoms with van der Waals surface area (Å²) in [7, 11) is -3.54. The maximum atomic E-state index is 12.4. The second-order valence-electron chi connectivity index (χ2n) is 6.28. The molecule has 0 saturated carbocycles. The number of benzene rings is 2. The zero-order valence-corrected chi connectivity index (χ0v) is 17.1. The van der Waals surface area contributed by atoms with Crippen LogP contribution in [0.15, 0.2) is 71.2 Å². The molecular weight excluding hydrogens is 408 g/mol. The van der Waals surface area contributed by atoms with E-state index in [0.717, 1.165) is 16.2 Å². The molecule has 7 nitrogen and oxygen atoms in total. The van der Waals surface area contributed by atoms with Crippen LogP contribution in [0.4, 0.5) is 5.69 Å². The van der Waals surface area contributed by atoms with Crippen molar-refractivity contribution in [3.05, 3.63) is 71.9 Å². The molecular formula is C20H18N4O3S2. The van der Waals surface area contributed by atoms with Crippen molar-refractivity contribution < 1.29 is 13.2 Å². The molecule has 0 aliphatic carbocycles. The van der Waals surface area contributed by atoms with E-state index < -0.39 is 10.0 Å². The van der Waals surface area contributed by atoms with Gasteiger partial charge in [0.25, 0.3) is 5.91 Å². The Kier molecular flexibility index (Phi) is 5.18. The van der Waals surface area contributed by atoms with E-state index in [1.165, 1.54) is 24.3 Å². The number of carbonyl (C=O) groups excluding carboxylic acids is 1. The number of sulfonamides is 1. The summed E-state index contributed by atoms with van der Waals surface area (Å²) in [6.07, 6.45) is 3.92. The molecule has 4 aromatic rings. The fraction of sp³-hybridized carbons (Fsp3) is 0.100. The maximum Gasteiger partial charge on any atom is 0.255 e. The lowest BCUT2D eigenvalue weighted by atomic mass is 10.1. The van der Waals surface area contributed by atoms with E-state index in [2.05, 4.69) is 15.0 Å². The van der Waals surface area contributed by atoms with E-state index in [-0.39, 0.29) is 10.8 Å². The number of nitrogens with one attached hydrogen (secondary N) is 2. The Balaban J connectivity index is 1.46. The average Bonchev–Trinajstić information content (AvgIpc) is 3.31. The molecule has 2 aromatic heterocycles. The first-order valence-corrected chi connectivity index (χ1v) is 11.3. The van der Waals surface area contributed by atoms with Gasteiger partial charge in [-0.2, -0.15) is 0 Å². The van der Waals surface area contributed by atoms with Crippen LogP contribution >= 0.6 is 11.3 Å². The summed E-state index contributed by atoms with van der Waals surface area (Å²) in [5.41, 5.74) is 2.84. The summed E-state index contributed by atoms with van der Waals surface area (Å²) in [4.78, 5) is 18.1. The molecule has 29 heavy (non-hydrogen) atoms. The molecule has 0 atom stereocenters. The summed E-state index contributed by atoms with van der Waals surface area (Å²) in [5, 5.41) is 4.79. The molecule has 0 radical (unpaired) electrons. The molecule has 2 aromatic carbocycles. The normalized spacial score (nSPS) is 11.6. The summed E-state index contributed by atoms with van der Waals surface area (Å²) >= 11 is 1.57. The Morgan fingerprint density at radius 3 is 2.48 bits per heavy atom. The number of carbonyl (C=O) groups is 1. The second-order valence-corrected chi connectivity index (χ2v) is 8.92. The van der Waals surface area contributed by atoms with Crippen molar-refractivity contribution in [2.45, 2.75) is 11.8 Å². The van der Waals surface area contributed by atoms with Crippen molar-refractivity contribution in [3.8, 4) is 11.3 Å². The molecule has 0 aliphatic rings. The van der Waals surface area contributed by atoms with Crippen LogP contribution in [0.25, 0.3) is 16.2 Å². The lowest BCUT2D eigenvalue weighted by Gasteiger charge is -2.08. The standard InChI is InChI=1S/C20H18N4O3S2/c1-2-21-29(26,27)17-9-5-15(6-10-17)19(25)22-16-7-3-14(4-8-16)18-13-24-11-12-28-20(24)23-18/h3-13,21H,2H2,1H3,(H,22,25). The van der Waals surface area contributed by atoms with Crippen molar-refractivity contribution in [1.29, 1.82) is 0 Å². The third-order valence-electron chi connectivity index (χ3n) is 4.29. The van der Waals surface area contributed by atoms with E-state index in [4.69, 9.17) is 0 Å². The summed E-state index contributed by atoms with van der Waals surface area (Å²) < 4.78 is 28.3. The van der Waals surface area contributed by atoms with Gasteiger partial charge in [-0.05, 0) is 36.4 Å². The molecule has 9 heteroatoms. The van der Waals surface area contributed by atoms with Crippen molar-refractivity contribution in [1.82, 2.24) is 14.1 Å². The number of hydrogen-bond acceptors (Lipinski definition) is 5. The predicted molar refractivity (Wildman–Crippen MR) is 114 cm³/mol. The largest absolute Gasteiger partial charge is 0.322 e. The molecule has 0 fully saturated rings. The zero-order valence-electron chi connectivity index (χ0n) is 15.5. The molecule has 148 valence electrons. The van der Waals surface area contributed by atoms with E-state index in [9.17, 15) is 13.2 Å². The third kappa shape index (κ3) is 4.07. The Bertz CT molecular complexity index is 1230. The zero-order chi connectivity index (χ0) is 20.4. The molecule has 0 bridgehead atoms. The van der Waals surface area contributed by atoms with E-state index in [0.29, 0.717) is 17.8 Å². The topological polar surface area (TPSA) is 92.6 Å². The van der Waals surface area contributed by atoms with Crippen LogP contribution in [0.2, 0.25) is 0 Å². The van der Waals surface area contributed by atoms with Crippen molar-refractivity contribution in [2.24, 2.45) is 0 Å². The van der Waals surface area contributed by atoms with Gasteiger partial charge in [-0.25, -0.2) is 18.1 Å². The highest BCUT2D eigenvalue weighted by atomic mass is 32.2. The smallest absolute Gasteiger partial charge is 0.255 e. The van der Waals surface area contributed by atoms with Crippen molar-refractivity contribution in [2.75, 3.05) is 11.9 Å². The minimum Gasteiger partial charge on any atom is -0.322 e. The van der Waals surface area contributed by atoms with Crippen LogP contribution in [-0.2, 0) is 10.0 Å². The molecule has 2 N–H and O–H groups in total. The Labute approximate surface area is 172 Å². The fourth-order valence-electron chi connectivity index (χ4n) is 2.85. The number of amides is 1. The van der Waals surface area contributed by atoms with Crippen molar-refractivity contribution >= 4 is 37.9 Å². The van der Waals surface area contributed by atoms with Gasteiger partial charge in [-0.1, -0.05) is 19.1 Å². The third-order valence-corrected chi connectivity index (χ3v) is 6.63. The quantitative estimate of drug-likeness (QED) is 0.493. The van der Waals surface area contributed by atoms with Crippen LogP contribution in [-0.4, -0.2) is 30.3 Å². The number of rotatable bonds is 6. The van der Waals surface area contributed by atoms with Gasteiger partial charge in [-0.15, -0.1) is 11.3 Å². The SMILES string of the molecule is CCNS(=O)(=O)c1ccc(C(=O)Nc2ccc(-c3cn4ccsc4n3)cc2)cc1. The van der Waals surface area contributed by atoms with Gasteiger partial charge in [0.2, 0.25) is 10.0 Å². The Morgan fingerprint density at radius 1 is 1.10 bits per heavy atom. The first-order chi connectivity index (χ1) is 14.0. The first-order valence-electron chi connectivity index (χ1n) is 8.90. The van der Waals surface area contributed by atoms with Crippen LogP contribution in [0.5, 0.6) is 0 Å². The second kappa shape index (κ2) is 7.78. The number of nitrogens with zero attached hydrogens (tertiary/aromatic N) is 2. The number of hydrogen-bond donors (Lipinski definition) is 2. The summed E-state index contributed by atoms with van der Waals surface area (Å²) in [6, 6.07) is 13.2. The number of imidazole rings is 1. The molecule has 1 amide bonds. The first kappa shape index (κ1) is 19.3. The van der Waals surface area contributed by atoms with Crippen LogP contribution in [0, 0.1) is 0 Å². The highest BCUT2D eigenvalue weighted by Gasteiger charge is 2.14. The van der Waals surface area contributed by atoms with Crippen LogP contribution in [0.1, 0.15) is 17.3 Å². The number of anilines is 1. The van der Waals surface area contributed by atoms with Crippen LogP contribution in [0.3, 0.4) is 0 Å². The minimum absolute atomic E-state index is 0.125. The summed E-state index contributed by atoms with van der Waals surface area (Å²) in [5.74, 6) is -0.312. The maximum absolute atomic E-state index is 12.4. The van der Waals surface area contributed by atoms with Crippen molar-refractivity contribution in [3.63, 3.8) is 0 Å². The van der Waals surface area contributed by atoms with E-state index in [1.54, 1.807) is 18.3 Å². The average molecular weight is 427 g/mol. The van der Waals surface area contributed by atoms with Gasteiger partial charge < -0.3 is 5.32 Å². The van der Waals surface area contributed by atoms with Crippen LogP contribution < -0.4 is 10.0 Å². The molecule has 0 unspecified atom stereocenters. The molecule has 0 saturated heterocycles. The van der Waals surface area contributed by atoms with Gasteiger partial charge in [0.1, 0.15) is 0 Å². The lowest BCUT2D eigenvalue weighted by Crippen LogP contribution is -2.23. The summed E-state index contributed by atoms with van der Waals surface area (Å²) in [6.45, 7) is 2.01. The lowest BCUT2D eigenvalue weighted by molar-refractivity contribution is 0.102. The van der Waals surface area contributed by atoms with Gasteiger partial charge in [0.05, 0.1) is 10.6 Å². The van der Waals surface area contributed by atoms with Gasteiger partial charge >= 0.3 is 0 Å². The van der Waals surface area contributed by atoms with E-state index in [1.807, 2.05) is 46.4 Å². The minimum atomic E-state index is -3.54. The highest BCUT2D eigenvalue weighted by molar-refractivity contribution is 7.89. The van der Waals surface area contributed by atoms with E-state index >= 15 is 0 Å². The Hall–Kier alpha value is -3.01. The molecule has 4 rings (SSSR count). The van der Waals surface area contributed by atoms with Gasteiger partial charge in [-0.3, -0.25) is 9.20 Å². The predicted octanol–water partition coefficient (Wildman–Crippen LogP) is 3.61. The fourth-order valence-corrected chi connectivity index (χ4v) is 4.59.